The first-order valence-corrected chi connectivity index (χ1v) is 12.0. The molecule has 15 heteroatoms. The van der Waals surface area contributed by atoms with E-state index in [0.717, 1.165) is 24.2 Å². The summed E-state index contributed by atoms with van der Waals surface area (Å²) in [4.78, 5) is 45.7. The highest BCUT2D eigenvalue weighted by molar-refractivity contribution is 7.14. The summed E-state index contributed by atoms with van der Waals surface area (Å²) >= 11 is 1.07. The predicted molar refractivity (Wildman–Crippen MR) is 133 cm³/mol. The fourth-order valence-corrected chi connectivity index (χ4v) is 4.22. The van der Waals surface area contributed by atoms with Crippen LogP contribution in [0.25, 0.3) is 0 Å². The van der Waals surface area contributed by atoms with E-state index in [1.165, 1.54) is 18.6 Å². The lowest BCUT2D eigenvalue weighted by Gasteiger charge is -2.28. The fourth-order valence-electron chi connectivity index (χ4n) is 3.53. The van der Waals surface area contributed by atoms with Gasteiger partial charge in [-0.15, -0.1) is 11.3 Å². The number of carbonyl (C=O) groups excluding carboxylic acids is 2. The van der Waals surface area contributed by atoms with E-state index in [2.05, 4.69) is 20.8 Å². The van der Waals surface area contributed by atoms with Crippen LogP contribution in [0.2, 0.25) is 0 Å². The average Bonchev–Trinajstić information content (AvgIpc) is 3.30. The van der Waals surface area contributed by atoms with Crippen molar-refractivity contribution in [2.24, 2.45) is 16.6 Å². The zero-order valence-corrected chi connectivity index (χ0v) is 20.3. The van der Waals surface area contributed by atoms with Gasteiger partial charge in [-0.1, -0.05) is 23.7 Å². The van der Waals surface area contributed by atoms with Crippen molar-refractivity contribution < 1.29 is 34.0 Å². The molecule has 8 N–H and O–H groups in total. The van der Waals surface area contributed by atoms with Crippen molar-refractivity contribution in [2.45, 2.75) is 37.7 Å². The molecule has 0 aliphatic carbocycles. The smallest absolute Gasteiger partial charge is 0.534 e. The highest BCUT2D eigenvalue weighted by Gasteiger charge is 2.38. The number of unbranched alkanes of at least 4 members (excludes halogenated alkanes) is 1. The minimum Gasteiger partial charge on any atom is -0.534 e. The van der Waals surface area contributed by atoms with Gasteiger partial charge in [-0.3, -0.25) is 9.59 Å². The molecule has 1 aliphatic heterocycles. The summed E-state index contributed by atoms with van der Waals surface area (Å²) in [6.07, 6.45) is 2.08. The standard InChI is InChI=1S/C21H27BN6O7S/c1-34-28-16(14-10-36-21(25-14)27-18(29)13(24)7-2-3-8-23)19(30)26-15-9-11-5-4-6-12(20(31)32)17(11)35-22(15)33/h4-6,10,13,15,33H,2-3,7-9,23-24H2,1H3,(H,26,30)(H,31,32)(H,25,27,29)/b28-16-/t13-,15-/m0/s1. The molecule has 2 atom stereocenters. The normalized spacial score (nSPS) is 15.9. The van der Waals surface area contributed by atoms with Crippen LogP contribution < -0.4 is 26.8 Å². The number of aromatic carboxylic acids is 1. The van der Waals surface area contributed by atoms with E-state index in [-0.39, 0.29) is 34.3 Å². The second kappa shape index (κ2) is 12.4. The van der Waals surface area contributed by atoms with Crippen LogP contribution in [0.5, 0.6) is 5.75 Å². The van der Waals surface area contributed by atoms with Gasteiger partial charge in [0.05, 0.1) is 17.5 Å². The number of aromatic nitrogens is 1. The molecule has 2 heterocycles. The van der Waals surface area contributed by atoms with E-state index in [1.807, 2.05) is 0 Å². The van der Waals surface area contributed by atoms with Gasteiger partial charge in [0, 0.05) is 5.38 Å². The van der Waals surface area contributed by atoms with Crippen LogP contribution in [-0.2, 0) is 20.8 Å². The van der Waals surface area contributed by atoms with Crippen LogP contribution in [0.15, 0.2) is 28.7 Å². The molecular weight excluding hydrogens is 491 g/mol. The number of carboxylic acids is 1. The monoisotopic (exact) mass is 518 g/mol. The Morgan fingerprint density at radius 2 is 2.17 bits per heavy atom. The van der Waals surface area contributed by atoms with Gasteiger partial charge in [0.25, 0.3) is 5.91 Å². The number of oxime groups is 1. The molecular formula is C21H27BN6O7S. The summed E-state index contributed by atoms with van der Waals surface area (Å²) in [5.41, 5.74) is 11.7. The summed E-state index contributed by atoms with van der Waals surface area (Å²) in [7, 11) is -0.248. The van der Waals surface area contributed by atoms with Crippen LogP contribution in [-0.4, -0.2) is 71.4 Å². The Kier molecular flexibility index (Phi) is 9.35. The number of nitrogens with two attached hydrogens (primary N) is 2. The summed E-state index contributed by atoms with van der Waals surface area (Å²) in [6, 6.07) is 3.83. The Morgan fingerprint density at radius 3 is 2.86 bits per heavy atom. The summed E-state index contributed by atoms with van der Waals surface area (Å²) in [5.74, 6) is -3.18. The van der Waals surface area contributed by atoms with Gasteiger partial charge in [0.2, 0.25) is 5.91 Å². The maximum atomic E-state index is 13.0. The molecule has 0 saturated heterocycles. The van der Waals surface area contributed by atoms with Gasteiger partial charge in [-0.05, 0) is 37.4 Å². The van der Waals surface area contributed by atoms with Crippen molar-refractivity contribution in [3.8, 4) is 5.75 Å². The number of carbonyl (C=O) groups is 3. The molecule has 1 aromatic carbocycles. The number of para-hydroxylation sites is 1. The van der Waals surface area contributed by atoms with Crippen LogP contribution in [0.3, 0.4) is 0 Å². The number of hydrogen-bond acceptors (Lipinski definition) is 11. The third kappa shape index (κ3) is 6.57. The van der Waals surface area contributed by atoms with E-state index in [1.54, 1.807) is 12.1 Å². The number of nitrogens with one attached hydrogen (secondary N) is 2. The zero-order valence-electron chi connectivity index (χ0n) is 19.5. The lowest BCUT2D eigenvalue weighted by molar-refractivity contribution is -0.117. The Morgan fingerprint density at radius 1 is 1.39 bits per heavy atom. The predicted octanol–water partition coefficient (Wildman–Crippen LogP) is -0.274. The highest BCUT2D eigenvalue weighted by atomic mass is 32.1. The molecule has 1 aromatic heterocycles. The number of amides is 2. The Bertz CT molecular complexity index is 1140. The molecule has 0 spiro atoms. The van der Waals surface area contributed by atoms with E-state index in [0.29, 0.717) is 18.5 Å². The van der Waals surface area contributed by atoms with Crippen LogP contribution in [0.1, 0.15) is 40.9 Å². The Balaban J connectivity index is 1.68. The van der Waals surface area contributed by atoms with Crippen molar-refractivity contribution in [1.82, 2.24) is 10.3 Å². The first kappa shape index (κ1) is 27.1. The minimum atomic E-state index is -1.50. The van der Waals surface area contributed by atoms with E-state index in [9.17, 15) is 24.5 Å². The molecule has 2 amide bonds. The van der Waals surface area contributed by atoms with Crippen molar-refractivity contribution in [3.63, 3.8) is 0 Å². The van der Waals surface area contributed by atoms with Crippen molar-refractivity contribution in [1.29, 1.82) is 0 Å². The molecule has 192 valence electrons. The van der Waals surface area contributed by atoms with E-state index in [4.69, 9.17) is 21.0 Å². The molecule has 0 radical (unpaired) electrons. The molecule has 2 aromatic rings. The largest absolute Gasteiger partial charge is 0.547 e. The van der Waals surface area contributed by atoms with Gasteiger partial charge >= 0.3 is 13.1 Å². The summed E-state index contributed by atoms with van der Waals surface area (Å²) in [6.45, 7) is 0.522. The summed E-state index contributed by atoms with van der Waals surface area (Å²) in [5, 5.41) is 30.4. The van der Waals surface area contributed by atoms with Crippen molar-refractivity contribution >= 4 is 47.1 Å². The molecule has 13 nitrogen and oxygen atoms in total. The number of anilines is 1. The number of fused-ring (bicyclic) bond motifs is 1. The molecule has 0 fully saturated rings. The number of benzene rings is 1. The molecule has 1 aliphatic rings. The number of nitrogens with zero attached hydrogens (tertiary/aromatic N) is 2. The number of thiazole rings is 1. The van der Waals surface area contributed by atoms with Gasteiger partial charge in [-0.2, -0.15) is 0 Å². The van der Waals surface area contributed by atoms with E-state index >= 15 is 0 Å². The van der Waals surface area contributed by atoms with Gasteiger partial charge < -0.3 is 41.7 Å². The Labute approximate surface area is 211 Å². The van der Waals surface area contributed by atoms with Crippen LogP contribution >= 0.6 is 11.3 Å². The molecule has 0 unspecified atom stereocenters. The lowest BCUT2D eigenvalue weighted by atomic mass is 9.72. The second-order valence-electron chi connectivity index (χ2n) is 7.93. The first-order valence-electron chi connectivity index (χ1n) is 11.1. The number of carboxylic acid groups (broad SMARTS) is 1. The SMILES string of the molecule is CO/N=C(\C(=O)N[C@H]1Cc2cccc(C(=O)O)c2OB1O)c1csc(NC(=O)[C@@H](N)CCCCN)n1. The number of rotatable bonds is 11. The highest BCUT2D eigenvalue weighted by Crippen LogP contribution is 2.30. The summed E-state index contributed by atoms with van der Waals surface area (Å²) < 4.78 is 5.40. The fraction of sp³-hybridized carbons (Fsp3) is 0.381. The Hall–Kier alpha value is -3.53. The van der Waals surface area contributed by atoms with Crippen LogP contribution in [0.4, 0.5) is 5.13 Å². The lowest BCUT2D eigenvalue weighted by Crippen LogP contribution is -2.54. The third-order valence-corrected chi connectivity index (χ3v) is 6.10. The molecule has 3 rings (SSSR count). The van der Waals surface area contributed by atoms with Crippen molar-refractivity contribution in [3.05, 3.63) is 40.4 Å². The van der Waals surface area contributed by atoms with Gasteiger partial charge in [0.15, 0.2) is 10.8 Å². The maximum absolute atomic E-state index is 13.0. The van der Waals surface area contributed by atoms with Gasteiger partial charge in [0.1, 0.15) is 18.6 Å². The average molecular weight is 518 g/mol. The van der Waals surface area contributed by atoms with Crippen molar-refractivity contribution in [2.75, 3.05) is 19.0 Å². The van der Waals surface area contributed by atoms with Gasteiger partial charge in [-0.25, -0.2) is 9.78 Å². The zero-order chi connectivity index (χ0) is 26.2. The molecule has 0 saturated carbocycles. The quantitative estimate of drug-likeness (QED) is 0.0991. The topological polar surface area (TPSA) is 211 Å². The third-order valence-electron chi connectivity index (χ3n) is 5.35. The molecule has 36 heavy (non-hydrogen) atoms. The maximum Gasteiger partial charge on any atom is 0.547 e. The van der Waals surface area contributed by atoms with E-state index < -0.39 is 36.9 Å². The molecule has 0 bridgehead atoms. The van der Waals surface area contributed by atoms with Crippen LogP contribution in [0, 0.1) is 0 Å². The first-order chi connectivity index (χ1) is 17.2. The number of hydrogen-bond donors (Lipinski definition) is 6. The second-order valence-corrected chi connectivity index (χ2v) is 8.79. The minimum absolute atomic E-state index is 0.0508.